The Kier molecular flexibility index (Phi) is 12.9. The van der Waals surface area contributed by atoms with Crippen LogP contribution in [0.25, 0.3) is 0 Å². The molecule has 5 heteroatoms. The molecule has 146 valence electrons. The first kappa shape index (κ1) is 23.9. The number of aliphatic hydroxyl groups excluding tert-OH is 1. The van der Waals surface area contributed by atoms with Crippen LogP contribution in [0.3, 0.4) is 0 Å². The third-order valence-corrected chi connectivity index (χ3v) is 3.82. The summed E-state index contributed by atoms with van der Waals surface area (Å²) in [7, 11) is 0. The summed E-state index contributed by atoms with van der Waals surface area (Å²) < 4.78 is 5.08. The summed E-state index contributed by atoms with van der Waals surface area (Å²) in [6, 6.07) is 0. The molecular weight excluding hydrogens is 332 g/mol. The van der Waals surface area contributed by atoms with Gasteiger partial charge in [-0.25, -0.2) is 4.79 Å². The van der Waals surface area contributed by atoms with Crippen LogP contribution in [0.2, 0.25) is 0 Å². The molecule has 0 amide bonds. The Morgan fingerprint density at radius 3 is 2.15 bits per heavy atom. The van der Waals surface area contributed by atoms with Crippen LogP contribution in [0.1, 0.15) is 59.3 Å². The second-order valence-electron chi connectivity index (χ2n) is 6.44. The molecule has 0 aliphatic rings. The summed E-state index contributed by atoms with van der Waals surface area (Å²) in [5, 5.41) is 18.1. The number of carbonyl (C=O) groups is 2. The standard InChI is InChI=1S/C21H32O5/c1-16(2)11-12-20(21(24)25)10-6-9-19(15-26-18(4)23)8-5-7-17(3)13-14-22/h8,10,13,22H,1,5-7,9,11-12,14-15H2,2-4H3,(H,24,25)/b17-13-,19-8-,20-10-. The number of hydrogen-bond acceptors (Lipinski definition) is 4. The Morgan fingerprint density at radius 2 is 1.62 bits per heavy atom. The largest absolute Gasteiger partial charge is 0.478 e. The minimum atomic E-state index is -0.901. The van der Waals surface area contributed by atoms with Crippen molar-refractivity contribution in [2.75, 3.05) is 13.2 Å². The highest BCUT2D eigenvalue weighted by atomic mass is 16.5. The van der Waals surface area contributed by atoms with E-state index in [1.54, 1.807) is 12.2 Å². The molecule has 0 saturated heterocycles. The zero-order valence-electron chi connectivity index (χ0n) is 16.2. The van der Waals surface area contributed by atoms with Crippen molar-refractivity contribution < 1.29 is 24.5 Å². The number of aliphatic carboxylic acids is 1. The normalized spacial score (nSPS) is 12.8. The first-order valence-corrected chi connectivity index (χ1v) is 8.90. The second-order valence-corrected chi connectivity index (χ2v) is 6.44. The van der Waals surface area contributed by atoms with Gasteiger partial charge in [0.25, 0.3) is 0 Å². The fourth-order valence-corrected chi connectivity index (χ4v) is 2.27. The van der Waals surface area contributed by atoms with E-state index >= 15 is 0 Å². The lowest BCUT2D eigenvalue weighted by Gasteiger charge is -2.08. The molecule has 0 saturated carbocycles. The average Bonchev–Trinajstić information content (AvgIpc) is 2.54. The van der Waals surface area contributed by atoms with E-state index in [0.29, 0.717) is 31.3 Å². The van der Waals surface area contributed by atoms with E-state index in [1.165, 1.54) is 6.92 Å². The molecule has 0 spiro atoms. The van der Waals surface area contributed by atoms with E-state index < -0.39 is 5.97 Å². The van der Waals surface area contributed by atoms with Gasteiger partial charge in [0.05, 0.1) is 6.61 Å². The lowest BCUT2D eigenvalue weighted by atomic mass is 10.0. The summed E-state index contributed by atoms with van der Waals surface area (Å²) >= 11 is 0. The third-order valence-electron chi connectivity index (χ3n) is 3.82. The molecule has 0 fully saturated rings. The van der Waals surface area contributed by atoms with Gasteiger partial charge in [-0.1, -0.05) is 29.4 Å². The van der Waals surface area contributed by atoms with Crippen molar-refractivity contribution in [3.8, 4) is 0 Å². The van der Waals surface area contributed by atoms with Gasteiger partial charge in [0.1, 0.15) is 6.61 Å². The van der Waals surface area contributed by atoms with Gasteiger partial charge >= 0.3 is 11.9 Å². The number of hydrogen-bond donors (Lipinski definition) is 2. The number of carbonyl (C=O) groups excluding carboxylic acids is 1. The van der Waals surface area contributed by atoms with Crippen molar-refractivity contribution in [1.29, 1.82) is 0 Å². The van der Waals surface area contributed by atoms with Crippen LogP contribution >= 0.6 is 0 Å². The molecule has 0 aliphatic heterocycles. The molecule has 0 unspecified atom stereocenters. The van der Waals surface area contributed by atoms with Crippen molar-refractivity contribution in [2.45, 2.75) is 59.3 Å². The van der Waals surface area contributed by atoms with Crippen molar-refractivity contribution >= 4 is 11.9 Å². The van der Waals surface area contributed by atoms with E-state index in [2.05, 4.69) is 6.58 Å². The highest BCUT2D eigenvalue weighted by Gasteiger charge is 2.07. The van der Waals surface area contributed by atoms with Gasteiger partial charge in [0.2, 0.25) is 0 Å². The van der Waals surface area contributed by atoms with Crippen LogP contribution < -0.4 is 0 Å². The summed E-state index contributed by atoms with van der Waals surface area (Å²) in [5.74, 6) is -1.24. The molecule has 0 bridgehead atoms. The molecule has 0 radical (unpaired) electrons. The number of aliphatic hydroxyl groups is 1. The van der Waals surface area contributed by atoms with Gasteiger partial charge in [0, 0.05) is 12.5 Å². The van der Waals surface area contributed by atoms with Crippen LogP contribution in [0.5, 0.6) is 0 Å². The average molecular weight is 364 g/mol. The Balaban J connectivity index is 4.80. The molecule has 0 atom stereocenters. The predicted molar refractivity (Wildman–Crippen MR) is 104 cm³/mol. The number of carboxylic acids is 1. The van der Waals surface area contributed by atoms with Crippen LogP contribution in [0, 0.1) is 0 Å². The minimum absolute atomic E-state index is 0.0306. The molecule has 0 rings (SSSR count). The monoisotopic (exact) mass is 364 g/mol. The SMILES string of the molecule is C=C(C)CC/C(=C/CC/C(=C/CC/C(C)=C\CO)COC(C)=O)C(=O)O. The second kappa shape index (κ2) is 14.1. The zero-order valence-corrected chi connectivity index (χ0v) is 16.2. The molecular formula is C21H32O5. The maximum Gasteiger partial charge on any atom is 0.331 e. The molecule has 2 N–H and O–H groups in total. The van der Waals surface area contributed by atoms with Gasteiger partial charge in [-0.15, -0.1) is 6.58 Å². The molecule has 0 aliphatic carbocycles. The van der Waals surface area contributed by atoms with E-state index in [0.717, 1.165) is 29.6 Å². The van der Waals surface area contributed by atoms with E-state index in [1.807, 2.05) is 19.9 Å². The summed E-state index contributed by atoms with van der Waals surface area (Å²) in [6.45, 7) is 9.26. The Morgan fingerprint density at radius 1 is 0.962 bits per heavy atom. The van der Waals surface area contributed by atoms with Gasteiger partial charge in [-0.3, -0.25) is 4.79 Å². The van der Waals surface area contributed by atoms with Gasteiger partial charge in [-0.2, -0.15) is 0 Å². The fourth-order valence-electron chi connectivity index (χ4n) is 2.27. The number of rotatable bonds is 13. The van der Waals surface area contributed by atoms with Crippen molar-refractivity contribution in [3.05, 3.63) is 47.1 Å². The van der Waals surface area contributed by atoms with E-state index in [4.69, 9.17) is 9.84 Å². The first-order valence-electron chi connectivity index (χ1n) is 8.90. The van der Waals surface area contributed by atoms with E-state index in [9.17, 15) is 14.7 Å². The van der Waals surface area contributed by atoms with Crippen LogP contribution in [0.15, 0.2) is 47.1 Å². The molecule has 5 nitrogen and oxygen atoms in total. The Bertz CT molecular complexity index is 567. The predicted octanol–water partition coefficient (Wildman–Crippen LogP) is 4.34. The number of carboxylic acid groups (broad SMARTS) is 1. The topological polar surface area (TPSA) is 83.8 Å². The van der Waals surface area contributed by atoms with Crippen molar-refractivity contribution in [3.63, 3.8) is 0 Å². The summed E-state index contributed by atoms with van der Waals surface area (Å²) in [4.78, 5) is 22.4. The Labute approximate surface area is 156 Å². The van der Waals surface area contributed by atoms with E-state index in [-0.39, 0.29) is 19.2 Å². The van der Waals surface area contributed by atoms with Crippen LogP contribution in [0.4, 0.5) is 0 Å². The third kappa shape index (κ3) is 13.2. The summed E-state index contributed by atoms with van der Waals surface area (Å²) in [5.41, 5.74) is 3.42. The number of ether oxygens (including phenoxy) is 1. The number of allylic oxidation sites excluding steroid dienone is 4. The number of esters is 1. The summed E-state index contributed by atoms with van der Waals surface area (Å²) in [6.07, 6.45) is 9.48. The zero-order chi connectivity index (χ0) is 19.9. The maximum absolute atomic E-state index is 11.3. The maximum atomic E-state index is 11.3. The minimum Gasteiger partial charge on any atom is -0.478 e. The van der Waals surface area contributed by atoms with Gasteiger partial charge in [-0.05, 0) is 57.9 Å². The molecule has 0 aromatic rings. The molecule has 0 heterocycles. The fraction of sp³-hybridized carbons (Fsp3) is 0.524. The first-order chi connectivity index (χ1) is 12.3. The lowest BCUT2D eigenvalue weighted by molar-refractivity contribution is -0.140. The lowest BCUT2D eigenvalue weighted by Crippen LogP contribution is -2.04. The molecule has 26 heavy (non-hydrogen) atoms. The smallest absolute Gasteiger partial charge is 0.331 e. The Hall–Kier alpha value is -2.14. The highest BCUT2D eigenvalue weighted by Crippen LogP contribution is 2.16. The molecule has 0 aromatic heterocycles. The van der Waals surface area contributed by atoms with Gasteiger partial charge in [0.15, 0.2) is 0 Å². The van der Waals surface area contributed by atoms with Gasteiger partial charge < -0.3 is 14.9 Å². The van der Waals surface area contributed by atoms with Crippen LogP contribution in [-0.4, -0.2) is 35.4 Å². The quantitative estimate of drug-likeness (QED) is 0.288. The molecule has 0 aromatic carbocycles. The highest BCUT2D eigenvalue weighted by molar-refractivity contribution is 5.86. The van der Waals surface area contributed by atoms with Crippen LogP contribution in [-0.2, 0) is 14.3 Å². The van der Waals surface area contributed by atoms with Crippen molar-refractivity contribution in [2.24, 2.45) is 0 Å². The van der Waals surface area contributed by atoms with Crippen molar-refractivity contribution in [1.82, 2.24) is 0 Å².